The third-order valence-corrected chi connectivity index (χ3v) is 2.52. The van der Waals surface area contributed by atoms with Crippen molar-refractivity contribution in [2.45, 2.75) is 17.8 Å². The molecular weight excluding hydrogens is 202 g/mol. The highest BCUT2D eigenvalue weighted by Crippen LogP contribution is 2.20. The molecule has 7 heteroatoms. The van der Waals surface area contributed by atoms with Crippen molar-refractivity contribution in [2.24, 2.45) is 0 Å². The highest BCUT2D eigenvalue weighted by atomic mass is 32.2. The van der Waals surface area contributed by atoms with Gasteiger partial charge in [0.1, 0.15) is 5.76 Å². The molecule has 6 nitrogen and oxygen atoms in total. The summed E-state index contributed by atoms with van der Waals surface area (Å²) in [6.07, 6.45) is 1.43. The molecule has 0 unspecified atom stereocenters. The van der Waals surface area contributed by atoms with E-state index in [9.17, 15) is 0 Å². The Kier molecular flexibility index (Phi) is 2.40. The standard InChI is InChI=1S/C7H9N5OS/c1-4-5(9-3-13-4)2-14-7-10-6(8)11-12-7/h3H,2H2,1H3,(H3,8,10,11,12). The third-order valence-electron chi connectivity index (χ3n) is 1.66. The lowest BCUT2D eigenvalue weighted by Gasteiger charge is -1.92. The average molecular weight is 211 g/mol. The first-order chi connectivity index (χ1) is 6.75. The number of nitrogens with zero attached hydrogens (tertiary/aromatic N) is 3. The zero-order chi connectivity index (χ0) is 9.97. The van der Waals surface area contributed by atoms with Crippen LogP contribution in [0, 0.1) is 6.92 Å². The van der Waals surface area contributed by atoms with Gasteiger partial charge >= 0.3 is 0 Å². The maximum atomic E-state index is 5.38. The van der Waals surface area contributed by atoms with Crippen LogP contribution in [0.1, 0.15) is 11.5 Å². The summed E-state index contributed by atoms with van der Waals surface area (Å²) in [7, 11) is 0. The van der Waals surface area contributed by atoms with Crippen molar-refractivity contribution < 1.29 is 4.42 Å². The van der Waals surface area contributed by atoms with Crippen LogP contribution in [0.25, 0.3) is 0 Å². The Morgan fingerprint density at radius 1 is 1.64 bits per heavy atom. The SMILES string of the molecule is Cc1ocnc1CSc1n[nH]c(N)n1. The number of aryl methyl sites for hydroxylation is 1. The van der Waals surface area contributed by atoms with E-state index in [1.807, 2.05) is 6.92 Å². The summed E-state index contributed by atoms with van der Waals surface area (Å²) in [6.45, 7) is 1.87. The molecule has 0 spiro atoms. The number of nitrogen functional groups attached to an aromatic ring is 1. The van der Waals surface area contributed by atoms with Crippen molar-refractivity contribution in [3.05, 3.63) is 17.8 Å². The zero-order valence-corrected chi connectivity index (χ0v) is 8.34. The van der Waals surface area contributed by atoms with Crippen LogP contribution in [0.5, 0.6) is 0 Å². The van der Waals surface area contributed by atoms with Gasteiger partial charge in [0.05, 0.1) is 5.69 Å². The molecule has 2 aromatic heterocycles. The van der Waals surface area contributed by atoms with Gasteiger partial charge in [-0.25, -0.2) is 10.1 Å². The Labute approximate surface area is 84.3 Å². The molecule has 0 amide bonds. The highest BCUT2D eigenvalue weighted by Gasteiger charge is 2.06. The Balaban J connectivity index is 1.98. The second kappa shape index (κ2) is 3.70. The fourth-order valence-corrected chi connectivity index (χ4v) is 1.74. The molecule has 74 valence electrons. The molecule has 0 aromatic carbocycles. The molecule has 0 fully saturated rings. The summed E-state index contributed by atoms with van der Waals surface area (Å²) >= 11 is 1.46. The number of oxazole rings is 1. The van der Waals surface area contributed by atoms with Crippen LogP contribution >= 0.6 is 11.8 Å². The predicted octanol–water partition coefficient (Wildman–Crippen LogP) is 0.976. The minimum atomic E-state index is 0.323. The first-order valence-electron chi connectivity index (χ1n) is 3.95. The van der Waals surface area contributed by atoms with Crippen LogP contribution in [-0.2, 0) is 5.75 Å². The molecule has 0 saturated carbocycles. The zero-order valence-electron chi connectivity index (χ0n) is 7.52. The normalized spacial score (nSPS) is 10.6. The molecular formula is C7H9N5OS. The molecule has 0 aliphatic carbocycles. The largest absolute Gasteiger partial charge is 0.448 e. The number of aromatic amines is 1. The van der Waals surface area contributed by atoms with Crippen LogP contribution < -0.4 is 5.73 Å². The lowest BCUT2D eigenvalue weighted by Crippen LogP contribution is -1.86. The molecule has 0 saturated heterocycles. The second-order valence-electron chi connectivity index (χ2n) is 2.65. The maximum Gasteiger partial charge on any atom is 0.216 e. The first-order valence-corrected chi connectivity index (χ1v) is 4.94. The van der Waals surface area contributed by atoms with E-state index in [4.69, 9.17) is 10.2 Å². The van der Waals surface area contributed by atoms with E-state index in [0.717, 1.165) is 11.5 Å². The number of nitrogens with two attached hydrogens (primary N) is 1. The Hall–Kier alpha value is -1.50. The molecule has 14 heavy (non-hydrogen) atoms. The number of hydrogen-bond acceptors (Lipinski definition) is 6. The van der Waals surface area contributed by atoms with Crippen LogP contribution in [-0.4, -0.2) is 20.2 Å². The summed E-state index contributed by atoms with van der Waals surface area (Å²) in [5, 5.41) is 7.07. The number of nitrogens with one attached hydrogen (secondary N) is 1. The van der Waals surface area contributed by atoms with E-state index in [-0.39, 0.29) is 0 Å². The summed E-state index contributed by atoms with van der Waals surface area (Å²) in [5.74, 6) is 1.82. The number of rotatable bonds is 3. The summed E-state index contributed by atoms with van der Waals surface area (Å²) in [4.78, 5) is 8.01. The van der Waals surface area contributed by atoms with Gasteiger partial charge in [-0.3, -0.25) is 0 Å². The second-order valence-corrected chi connectivity index (χ2v) is 3.59. The molecule has 0 atom stereocenters. The third kappa shape index (κ3) is 1.87. The topological polar surface area (TPSA) is 93.6 Å². The number of aromatic nitrogens is 4. The van der Waals surface area contributed by atoms with Crippen LogP contribution in [0.2, 0.25) is 0 Å². The van der Waals surface area contributed by atoms with Crippen molar-refractivity contribution in [2.75, 3.05) is 5.73 Å². The van der Waals surface area contributed by atoms with Gasteiger partial charge in [-0.05, 0) is 6.92 Å². The van der Waals surface area contributed by atoms with Gasteiger partial charge in [-0.15, -0.1) is 5.10 Å². The minimum absolute atomic E-state index is 0.323. The van der Waals surface area contributed by atoms with E-state index in [1.54, 1.807) is 0 Å². The monoisotopic (exact) mass is 211 g/mol. The van der Waals surface area contributed by atoms with Crippen molar-refractivity contribution in [3.63, 3.8) is 0 Å². The van der Waals surface area contributed by atoms with Gasteiger partial charge in [0.2, 0.25) is 11.1 Å². The quantitative estimate of drug-likeness (QED) is 0.735. The van der Waals surface area contributed by atoms with Gasteiger partial charge < -0.3 is 10.2 Å². The predicted molar refractivity (Wildman–Crippen MR) is 51.6 cm³/mol. The summed E-state index contributed by atoms with van der Waals surface area (Å²) in [5.41, 5.74) is 6.28. The van der Waals surface area contributed by atoms with Crippen molar-refractivity contribution in [1.82, 2.24) is 20.2 Å². The van der Waals surface area contributed by atoms with Crippen molar-refractivity contribution in [1.29, 1.82) is 0 Å². The number of H-pyrrole nitrogens is 1. The summed E-state index contributed by atoms with van der Waals surface area (Å²) in [6, 6.07) is 0. The molecule has 0 aliphatic rings. The maximum absolute atomic E-state index is 5.38. The average Bonchev–Trinajstić information content (AvgIpc) is 2.72. The van der Waals surface area contributed by atoms with Crippen molar-refractivity contribution >= 4 is 17.7 Å². The van der Waals surface area contributed by atoms with Gasteiger partial charge in [-0.1, -0.05) is 11.8 Å². The molecule has 2 heterocycles. The molecule has 2 rings (SSSR count). The van der Waals surface area contributed by atoms with Crippen molar-refractivity contribution in [3.8, 4) is 0 Å². The summed E-state index contributed by atoms with van der Waals surface area (Å²) < 4.78 is 5.06. The van der Waals surface area contributed by atoms with Gasteiger partial charge in [0, 0.05) is 5.75 Å². The molecule has 0 radical (unpaired) electrons. The lowest BCUT2D eigenvalue weighted by atomic mass is 10.4. The number of thioether (sulfide) groups is 1. The van der Waals surface area contributed by atoms with E-state index in [2.05, 4.69) is 20.2 Å². The van der Waals surface area contributed by atoms with Gasteiger partial charge in [-0.2, -0.15) is 4.98 Å². The minimum Gasteiger partial charge on any atom is -0.448 e. The Morgan fingerprint density at radius 2 is 2.50 bits per heavy atom. The van der Waals surface area contributed by atoms with E-state index in [0.29, 0.717) is 16.9 Å². The Bertz CT molecular complexity index is 423. The number of anilines is 1. The first kappa shape index (κ1) is 9.07. The highest BCUT2D eigenvalue weighted by molar-refractivity contribution is 7.98. The van der Waals surface area contributed by atoms with E-state index < -0.39 is 0 Å². The Morgan fingerprint density at radius 3 is 3.07 bits per heavy atom. The van der Waals surface area contributed by atoms with Crippen LogP contribution in [0.15, 0.2) is 16.0 Å². The van der Waals surface area contributed by atoms with E-state index >= 15 is 0 Å². The molecule has 3 N–H and O–H groups in total. The van der Waals surface area contributed by atoms with Gasteiger partial charge in [0.15, 0.2) is 6.39 Å². The molecule has 0 bridgehead atoms. The lowest BCUT2D eigenvalue weighted by molar-refractivity contribution is 0.525. The van der Waals surface area contributed by atoms with Crippen LogP contribution in [0.4, 0.5) is 5.95 Å². The molecule has 2 aromatic rings. The molecule has 0 aliphatic heterocycles. The number of hydrogen-bond donors (Lipinski definition) is 2. The van der Waals surface area contributed by atoms with E-state index in [1.165, 1.54) is 18.2 Å². The smallest absolute Gasteiger partial charge is 0.216 e. The fourth-order valence-electron chi connectivity index (χ4n) is 0.922. The van der Waals surface area contributed by atoms with Gasteiger partial charge in [0.25, 0.3) is 0 Å². The fraction of sp³-hybridized carbons (Fsp3) is 0.286. The van der Waals surface area contributed by atoms with Crippen LogP contribution in [0.3, 0.4) is 0 Å².